The van der Waals surface area contributed by atoms with Gasteiger partial charge in [0.2, 0.25) is 0 Å². The molecule has 4 fully saturated rings. The number of H-pyrrole nitrogens is 2. The molecule has 17 rings (SSSR count). The summed E-state index contributed by atoms with van der Waals surface area (Å²) < 4.78 is 82.3. The summed E-state index contributed by atoms with van der Waals surface area (Å²) in [5, 5.41) is 57.8. The molecule has 7 aliphatic heterocycles. The molecule has 0 bridgehead atoms. The molecule has 3 atom stereocenters. The zero-order valence-corrected chi connectivity index (χ0v) is 83.0. The number of aromatic nitrogens is 15. The number of nitrogen functional groups attached to an aromatic ring is 1. The van der Waals surface area contributed by atoms with Crippen molar-refractivity contribution < 1.29 is 76.6 Å². The molecule has 0 radical (unpaired) electrons. The largest absolute Gasteiger partial charge is 0.478 e. The normalized spacial score (nSPS) is 17.3. The molecule has 38 nitrogen and oxygen atoms in total. The number of ether oxygens (including phenoxy) is 4. The Morgan fingerprint density at radius 2 is 0.879 bits per heavy atom. The smallest absolute Gasteiger partial charge is 0.410 e. The number of hydrazine groups is 1. The van der Waals surface area contributed by atoms with E-state index < -0.39 is 53.1 Å². The Hall–Kier alpha value is -12.8. The van der Waals surface area contributed by atoms with Crippen LogP contribution in [-0.4, -0.2) is 248 Å². The maximum absolute atomic E-state index is 15.1. The second-order valence-electron chi connectivity index (χ2n) is 39.3. The minimum atomic E-state index is -1.32. The van der Waals surface area contributed by atoms with Crippen LogP contribution in [0.5, 0.6) is 0 Å². The highest BCUT2D eigenvalue weighted by molar-refractivity contribution is 7.59. The zero-order chi connectivity index (χ0) is 103. The number of aromatic amines is 2. The number of alkyl halides is 1. The van der Waals surface area contributed by atoms with Crippen molar-refractivity contribution in [3.8, 4) is 0 Å². The van der Waals surface area contributed by atoms with Crippen LogP contribution in [0.1, 0.15) is 296 Å². The van der Waals surface area contributed by atoms with Crippen molar-refractivity contribution in [3.05, 3.63) is 204 Å². The SMILES string of the molecule is C.C.CC(C)(C)OC(=O)N1CCC(C=O)CC1.CC1CN(C(=O)c2cc(Cc3n[nH]c(=O)c4ccccc34)ccc2F)Cc2nnc(C3CCN(C(=O)OC(C)(C)C)CC3)n21.CC1CNCc2nnc(C3CCN(C(=O)OC(C)(C)C)CC3)n21.CC1CNCc2nnc(C3CCN(C(=O)OC(C)(C)C)CC3)n21.Cc1cncc(NN)n1.O=C(O)c1cc(Cc2n[nH]c(=O)c3ccccc23)ccc1F.S.[2H]CF.[2H][2H].[HH]. The van der Waals surface area contributed by atoms with Gasteiger partial charge in [-0.25, -0.2) is 53.8 Å². The molecule has 772 valence electrons. The fourth-order valence-corrected chi connectivity index (χ4v) is 17.3. The lowest BCUT2D eigenvalue weighted by molar-refractivity contribution is -0.112. The molecule has 0 saturated carbocycles. The molecule has 7 aliphatic rings. The van der Waals surface area contributed by atoms with Crippen LogP contribution in [0.25, 0.3) is 21.5 Å². The number of halogens is 3. The number of likely N-dealkylation sites (tertiary alicyclic amines) is 4. The van der Waals surface area contributed by atoms with E-state index in [4.69, 9.17) is 34.2 Å². The average Bonchev–Trinajstić information content (AvgIpc) is 1.64. The number of carbonyl (C=O) groups excluding carboxylic acids is 6. The summed E-state index contributed by atoms with van der Waals surface area (Å²) in [5.41, 5.74) is 2.94. The molecule has 0 aliphatic carbocycles. The van der Waals surface area contributed by atoms with Crippen LogP contribution in [-0.2, 0) is 56.2 Å². The topological polar surface area (TPSA) is 464 Å². The summed E-state index contributed by atoms with van der Waals surface area (Å²) in [6.07, 6.45) is 10.5. The predicted molar refractivity (Wildman–Crippen MR) is 538 cm³/mol. The van der Waals surface area contributed by atoms with Crippen LogP contribution >= 0.6 is 13.5 Å². The number of rotatable bonds is 11. The molecule has 141 heavy (non-hydrogen) atoms. The third-order valence-corrected chi connectivity index (χ3v) is 23.9. The molecule has 8 N–H and O–H groups in total. The molecule has 0 spiro atoms. The number of carboxylic acids is 1. The number of aldehydes is 1. The number of nitrogens with zero attached hydrogens (tertiary/aromatic N) is 18. The number of carboxylic acid groups (broad SMARTS) is 1. The Morgan fingerprint density at radius 1 is 0.532 bits per heavy atom. The lowest BCUT2D eigenvalue weighted by atomic mass is 9.95. The number of hydrogen-bond acceptors (Lipinski definition) is 27. The van der Waals surface area contributed by atoms with Gasteiger partial charge in [0, 0.05) is 142 Å². The van der Waals surface area contributed by atoms with Crippen molar-refractivity contribution in [1.82, 2.24) is 110 Å². The summed E-state index contributed by atoms with van der Waals surface area (Å²) in [4.78, 5) is 124. The van der Waals surface area contributed by atoms with Gasteiger partial charge in [-0.1, -0.05) is 63.4 Å². The van der Waals surface area contributed by atoms with E-state index in [9.17, 15) is 51.9 Å². The summed E-state index contributed by atoms with van der Waals surface area (Å²) in [6, 6.07) is 23.2. The van der Waals surface area contributed by atoms with Gasteiger partial charge in [-0.3, -0.25) is 23.8 Å². The molecule has 10 aromatic rings. The van der Waals surface area contributed by atoms with Crippen LogP contribution in [0.2, 0.25) is 0 Å². The maximum Gasteiger partial charge on any atom is 0.410 e. The Morgan fingerprint density at radius 3 is 1.23 bits per heavy atom. The van der Waals surface area contributed by atoms with E-state index >= 15 is 4.39 Å². The maximum atomic E-state index is 15.1. The van der Waals surface area contributed by atoms with Crippen LogP contribution in [0.4, 0.5) is 38.2 Å². The number of aryl methyl sites for hydroxylation is 1. The van der Waals surface area contributed by atoms with Crippen molar-refractivity contribution in [1.29, 1.82) is 0 Å². The zero-order valence-electron chi connectivity index (χ0n) is 85.0. The molecule has 42 heteroatoms. The van der Waals surface area contributed by atoms with Crippen molar-refractivity contribution >= 4 is 83.4 Å². The molecule has 4 aromatic carbocycles. The second kappa shape index (κ2) is 50.5. The number of fused-ring (bicyclic) bond motifs is 5. The van der Waals surface area contributed by atoms with Crippen LogP contribution < -0.4 is 33.0 Å². The Balaban J connectivity index is 0.000000277. The first-order valence-electron chi connectivity index (χ1n) is 48.3. The minimum absolute atomic E-state index is 0. The van der Waals surface area contributed by atoms with Crippen molar-refractivity contribution in [2.45, 2.75) is 268 Å². The fourth-order valence-electron chi connectivity index (χ4n) is 17.3. The summed E-state index contributed by atoms with van der Waals surface area (Å²) in [6.45, 7) is 40.1. The lowest BCUT2D eigenvalue weighted by Crippen LogP contribution is -2.43. The van der Waals surface area contributed by atoms with Crippen LogP contribution in [0.15, 0.2) is 107 Å². The van der Waals surface area contributed by atoms with Gasteiger partial charge in [0.1, 0.15) is 69.4 Å². The number of nitrogens with one attached hydrogen (secondary N) is 5. The summed E-state index contributed by atoms with van der Waals surface area (Å²) in [5.74, 6) is 9.24. The van der Waals surface area contributed by atoms with E-state index in [0.717, 1.165) is 125 Å². The quantitative estimate of drug-likeness (QED) is 0.0274. The predicted octanol–water partition coefficient (Wildman–Crippen LogP) is 15.4. The second-order valence-corrected chi connectivity index (χ2v) is 39.3. The van der Waals surface area contributed by atoms with Gasteiger partial charge in [0.15, 0.2) is 11.6 Å². The Labute approximate surface area is 833 Å². The van der Waals surface area contributed by atoms with E-state index in [1.54, 1.807) is 85.4 Å². The lowest BCUT2D eigenvalue weighted by Gasteiger charge is -2.36. The van der Waals surface area contributed by atoms with Gasteiger partial charge < -0.3 is 83.1 Å². The molecule has 4 saturated heterocycles. The van der Waals surface area contributed by atoms with Gasteiger partial charge in [0.05, 0.1) is 79.4 Å². The number of benzene rings is 4. The number of carbonyl (C=O) groups is 7. The molecular formula is C99H145F3N24O14S. The first-order chi connectivity index (χ1) is 66.9. The third kappa shape index (κ3) is 30.8. The summed E-state index contributed by atoms with van der Waals surface area (Å²) in [7, 11) is -1.00. The highest BCUT2D eigenvalue weighted by atomic mass is 32.1. The van der Waals surface area contributed by atoms with Crippen LogP contribution in [0, 0.1) is 24.5 Å². The van der Waals surface area contributed by atoms with Crippen LogP contribution in [0.3, 0.4) is 0 Å². The number of nitrogens with two attached hydrogens (primary N) is 1. The number of piperidine rings is 4. The van der Waals surface area contributed by atoms with E-state index in [1.807, 2.05) is 109 Å². The van der Waals surface area contributed by atoms with E-state index in [1.165, 1.54) is 18.2 Å². The Bertz CT molecular complexity index is 5940. The van der Waals surface area contributed by atoms with E-state index in [0.29, 0.717) is 145 Å². The number of hydrogen-bond donors (Lipinski definition) is 7. The van der Waals surface area contributed by atoms with Gasteiger partial charge in [-0.05, 0) is 210 Å². The van der Waals surface area contributed by atoms with Crippen molar-refractivity contribution in [2.24, 2.45) is 11.8 Å². The van der Waals surface area contributed by atoms with Gasteiger partial charge in [-0.2, -0.15) is 23.7 Å². The van der Waals surface area contributed by atoms with Crippen molar-refractivity contribution in [3.63, 3.8) is 0 Å². The molecule has 6 aromatic heterocycles. The van der Waals surface area contributed by atoms with Gasteiger partial charge >= 0.3 is 30.3 Å². The minimum Gasteiger partial charge on any atom is -0.478 e. The number of anilines is 1. The third-order valence-electron chi connectivity index (χ3n) is 23.9. The molecule has 13 heterocycles. The molecule has 5 amide bonds. The standard InChI is InChI=1S/C32H36FN7O4.C16H11FN2O3.2C16H27N5O2.C11H19NO3.C5H8N4.CH3F.2CH4.H2S.2H2/c1-19-17-39(18-27-35-36-28(40(19)27)21-11-13-38(14-12-21)31(43)44-32(2,3)4)30(42)24-15-20(9-10-25(24)33)16-26-22-7-5-6-8-23(22)29(41)37-34-26;17-13-6-5-9(7-12(13)16(21)22)8-14-10-3-1-2-4-11(10)15(20)19-18-14;2*1-11-9-17-10-13-18-19-14(21(11)13)12-5-7-20(8-6-12)15(22)23-16(2,3)4;1-11(2,3)15-10(14)12-6-4-9(8-13)5-7-12;1-4-2-7-3-5(8-4)9-6;1-2;;;;;/h5-10,15,19,21H,11-14,16-18H2,1-4H3,(H,37,41);1-7H,8H2,(H,19,20)(H,21,22);2*11-12,17H,5-10H2,1-4H3;8-9H,4-7H2,1-3H3;2-3H,6H2,1H3,(H,8,9);1H3;2*1H4;1H2;2*1H/i;;;;;;1D;;;;1+1D;. The number of amides is 5. The highest BCUT2D eigenvalue weighted by Crippen LogP contribution is 2.37. The highest BCUT2D eigenvalue weighted by Gasteiger charge is 2.39. The fraction of sp³-hybridized carbons (Fsp3) is 0.545. The monoisotopic (exact) mass is 1990 g/mol. The van der Waals surface area contributed by atoms with Gasteiger partial charge in [0.25, 0.3) is 17.0 Å². The van der Waals surface area contributed by atoms with Crippen molar-refractivity contribution in [2.75, 3.05) is 84.6 Å². The number of aromatic carboxylic acids is 1. The first-order valence-corrected chi connectivity index (χ1v) is 46.6. The average molecular weight is 1990 g/mol. The first kappa shape index (κ1) is 110. The van der Waals surface area contributed by atoms with E-state index in [-0.39, 0.29) is 107 Å². The molecule has 3 unspecified atom stereocenters. The Kier molecular flexibility index (Phi) is 39.5. The molecular weight excluding hydrogens is 1840 g/mol. The summed E-state index contributed by atoms with van der Waals surface area (Å²) >= 11 is 0. The van der Waals surface area contributed by atoms with E-state index in [2.05, 4.69) is 105 Å². The van der Waals surface area contributed by atoms with Gasteiger partial charge in [-0.15, -0.1) is 30.6 Å².